The van der Waals surface area contributed by atoms with Crippen LogP contribution in [0.15, 0.2) is 36.4 Å². The van der Waals surface area contributed by atoms with Gasteiger partial charge in [0.15, 0.2) is 0 Å². The van der Waals surface area contributed by atoms with Crippen LogP contribution >= 0.6 is 22.6 Å². The minimum absolute atomic E-state index is 0.0435. The van der Waals surface area contributed by atoms with Gasteiger partial charge >= 0.3 is 0 Å². The lowest BCUT2D eigenvalue weighted by Gasteiger charge is -2.09. The molecule has 1 amide bonds. The maximum Gasteiger partial charge on any atom is 0.259 e. The Hall–Kier alpha value is -1.76. The minimum atomic E-state index is -0.362. The van der Waals surface area contributed by atoms with E-state index in [2.05, 4.69) is 27.9 Å². The van der Waals surface area contributed by atoms with Gasteiger partial charge in [-0.3, -0.25) is 4.79 Å². The van der Waals surface area contributed by atoms with Crippen LogP contribution in [0.25, 0.3) is 0 Å². The SMILES string of the molecule is Cc1ccc(NC(=O)c2cc(I)ccc2O)cc1N. The third-order valence-electron chi connectivity index (χ3n) is 2.74. The maximum absolute atomic E-state index is 12.1. The van der Waals surface area contributed by atoms with Gasteiger partial charge in [-0.15, -0.1) is 0 Å². The summed E-state index contributed by atoms with van der Waals surface area (Å²) in [4.78, 5) is 12.1. The van der Waals surface area contributed by atoms with E-state index in [1.54, 1.807) is 24.3 Å². The van der Waals surface area contributed by atoms with E-state index in [9.17, 15) is 9.90 Å². The molecule has 4 N–H and O–H groups in total. The second kappa shape index (κ2) is 5.48. The highest BCUT2D eigenvalue weighted by molar-refractivity contribution is 14.1. The van der Waals surface area contributed by atoms with Crippen molar-refractivity contribution in [2.75, 3.05) is 11.1 Å². The summed E-state index contributed by atoms with van der Waals surface area (Å²) in [6.45, 7) is 1.90. The molecular formula is C14H13IN2O2. The summed E-state index contributed by atoms with van der Waals surface area (Å²) in [7, 11) is 0. The number of rotatable bonds is 2. The fourth-order valence-corrected chi connectivity index (χ4v) is 2.10. The van der Waals surface area contributed by atoms with Crippen LogP contribution in [0.5, 0.6) is 5.75 Å². The average molecular weight is 368 g/mol. The second-order valence-corrected chi connectivity index (χ2v) is 5.43. The molecule has 0 aliphatic heterocycles. The lowest BCUT2D eigenvalue weighted by Crippen LogP contribution is -2.12. The molecule has 0 unspecified atom stereocenters. The Balaban J connectivity index is 2.25. The molecule has 0 aromatic heterocycles. The lowest BCUT2D eigenvalue weighted by molar-refractivity contribution is 0.102. The van der Waals surface area contributed by atoms with Crippen LogP contribution < -0.4 is 11.1 Å². The summed E-state index contributed by atoms with van der Waals surface area (Å²) in [5, 5.41) is 12.4. The largest absolute Gasteiger partial charge is 0.507 e. The number of hydrogen-bond acceptors (Lipinski definition) is 3. The molecule has 0 atom stereocenters. The van der Waals surface area contributed by atoms with Crippen LogP contribution in [0.1, 0.15) is 15.9 Å². The second-order valence-electron chi connectivity index (χ2n) is 4.19. The smallest absolute Gasteiger partial charge is 0.259 e. The van der Waals surface area contributed by atoms with E-state index in [1.165, 1.54) is 6.07 Å². The molecule has 0 heterocycles. The molecule has 98 valence electrons. The number of phenols is 1. The molecule has 0 spiro atoms. The summed E-state index contributed by atoms with van der Waals surface area (Å²) < 4.78 is 0.879. The standard InChI is InChI=1S/C14H13IN2O2/c1-8-2-4-10(7-12(8)16)17-14(19)11-6-9(15)3-5-13(11)18/h2-7,18H,16H2,1H3,(H,17,19). The normalized spacial score (nSPS) is 10.2. The fourth-order valence-electron chi connectivity index (χ4n) is 1.61. The summed E-state index contributed by atoms with van der Waals surface area (Å²) in [6.07, 6.45) is 0. The summed E-state index contributed by atoms with van der Waals surface area (Å²) in [5.41, 5.74) is 8.20. The molecule has 0 bridgehead atoms. The molecule has 19 heavy (non-hydrogen) atoms. The number of nitrogen functional groups attached to an aromatic ring is 1. The Morgan fingerprint density at radius 3 is 2.68 bits per heavy atom. The maximum atomic E-state index is 12.1. The van der Waals surface area contributed by atoms with Crippen molar-refractivity contribution in [3.05, 3.63) is 51.1 Å². The number of carbonyl (C=O) groups is 1. The zero-order chi connectivity index (χ0) is 14.0. The molecule has 0 aliphatic carbocycles. The van der Waals surface area contributed by atoms with Gasteiger partial charge in [0.2, 0.25) is 0 Å². The zero-order valence-corrected chi connectivity index (χ0v) is 12.4. The topological polar surface area (TPSA) is 75.3 Å². The van der Waals surface area contributed by atoms with E-state index >= 15 is 0 Å². The lowest BCUT2D eigenvalue weighted by atomic mass is 10.1. The molecule has 2 aromatic carbocycles. The van der Waals surface area contributed by atoms with Crippen molar-refractivity contribution in [1.82, 2.24) is 0 Å². The van der Waals surface area contributed by atoms with Crippen molar-refractivity contribution in [3.63, 3.8) is 0 Å². The van der Waals surface area contributed by atoms with Crippen LogP contribution in [0.2, 0.25) is 0 Å². The molecular weight excluding hydrogens is 355 g/mol. The van der Waals surface area contributed by atoms with Crippen LogP contribution in [-0.2, 0) is 0 Å². The molecule has 0 radical (unpaired) electrons. The highest BCUT2D eigenvalue weighted by Gasteiger charge is 2.12. The van der Waals surface area contributed by atoms with Gasteiger partial charge in [0, 0.05) is 14.9 Å². The van der Waals surface area contributed by atoms with Gasteiger partial charge in [0.05, 0.1) is 5.56 Å². The predicted molar refractivity (Wildman–Crippen MR) is 84.4 cm³/mol. The van der Waals surface area contributed by atoms with Crippen LogP contribution in [0.4, 0.5) is 11.4 Å². The van der Waals surface area contributed by atoms with Crippen LogP contribution in [0.3, 0.4) is 0 Å². The monoisotopic (exact) mass is 368 g/mol. The van der Waals surface area contributed by atoms with Crippen LogP contribution in [-0.4, -0.2) is 11.0 Å². The number of carbonyl (C=O) groups excluding carboxylic acids is 1. The predicted octanol–water partition coefficient (Wildman–Crippen LogP) is 3.14. The highest BCUT2D eigenvalue weighted by atomic mass is 127. The van der Waals surface area contributed by atoms with Crippen molar-refractivity contribution < 1.29 is 9.90 Å². The van der Waals surface area contributed by atoms with Crippen molar-refractivity contribution in [2.24, 2.45) is 0 Å². The van der Waals surface area contributed by atoms with E-state index < -0.39 is 0 Å². The van der Waals surface area contributed by atoms with Gasteiger partial charge in [-0.25, -0.2) is 0 Å². The summed E-state index contributed by atoms with van der Waals surface area (Å²) in [5.74, 6) is -0.405. The first-order chi connectivity index (χ1) is 8.97. The highest BCUT2D eigenvalue weighted by Crippen LogP contribution is 2.22. The Bertz CT molecular complexity index is 641. The Morgan fingerprint density at radius 2 is 2.00 bits per heavy atom. The van der Waals surface area contributed by atoms with Gasteiger partial charge in [0.25, 0.3) is 5.91 Å². The molecule has 0 fully saturated rings. The third-order valence-corrected chi connectivity index (χ3v) is 3.41. The van der Waals surface area contributed by atoms with Crippen molar-refractivity contribution >= 4 is 39.9 Å². The minimum Gasteiger partial charge on any atom is -0.507 e. The molecule has 0 aliphatic rings. The number of phenolic OH excluding ortho intramolecular Hbond substituents is 1. The van der Waals surface area contributed by atoms with E-state index in [-0.39, 0.29) is 17.2 Å². The number of hydrogen-bond donors (Lipinski definition) is 3. The fraction of sp³-hybridized carbons (Fsp3) is 0.0714. The van der Waals surface area contributed by atoms with Gasteiger partial charge < -0.3 is 16.2 Å². The van der Waals surface area contributed by atoms with Crippen molar-refractivity contribution in [2.45, 2.75) is 6.92 Å². The van der Waals surface area contributed by atoms with Crippen molar-refractivity contribution in [3.8, 4) is 5.75 Å². The van der Waals surface area contributed by atoms with Crippen molar-refractivity contribution in [1.29, 1.82) is 0 Å². The number of aryl methyl sites for hydroxylation is 1. The molecule has 4 nitrogen and oxygen atoms in total. The molecule has 0 saturated carbocycles. The Labute approximate surface area is 124 Å². The van der Waals surface area contributed by atoms with Gasteiger partial charge in [0.1, 0.15) is 5.75 Å². The van der Waals surface area contributed by atoms with Crippen LogP contribution in [0, 0.1) is 10.5 Å². The number of amides is 1. The van der Waals surface area contributed by atoms with Gasteiger partial charge in [-0.2, -0.15) is 0 Å². The zero-order valence-electron chi connectivity index (χ0n) is 10.3. The summed E-state index contributed by atoms with van der Waals surface area (Å²) in [6, 6.07) is 10.2. The molecule has 5 heteroatoms. The molecule has 0 saturated heterocycles. The average Bonchev–Trinajstić information content (AvgIpc) is 2.36. The Morgan fingerprint density at radius 1 is 1.26 bits per heavy atom. The number of anilines is 2. The Kier molecular flexibility index (Phi) is 3.94. The number of benzene rings is 2. The van der Waals surface area contributed by atoms with E-state index in [1.807, 2.05) is 13.0 Å². The first-order valence-electron chi connectivity index (χ1n) is 5.63. The number of aromatic hydroxyl groups is 1. The summed E-state index contributed by atoms with van der Waals surface area (Å²) >= 11 is 2.09. The number of halogens is 1. The first-order valence-corrected chi connectivity index (χ1v) is 6.71. The van der Waals surface area contributed by atoms with E-state index in [4.69, 9.17) is 5.73 Å². The van der Waals surface area contributed by atoms with Gasteiger partial charge in [-0.05, 0) is 65.4 Å². The quantitative estimate of drug-likeness (QED) is 0.563. The first kappa shape index (κ1) is 13.7. The van der Waals surface area contributed by atoms with Gasteiger partial charge in [-0.1, -0.05) is 6.07 Å². The number of nitrogens with two attached hydrogens (primary N) is 1. The molecule has 2 rings (SSSR count). The van der Waals surface area contributed by atoms with E-state index in [0.29, 0.717) is 11.4 Å². The third kappa shape index (κ3) is 3.17. The number of nitrogens with one attached hydrogen (secondary N) is 1. The van der Waals surface area contributed by atoms with E-state index in [0.717, 1.165) is 9.13 Å². The molecule has 2 aromatic rings.